The maximum absolute atomic E-state index is 5.49. The quantitative estimate of drug-likeness (QED) is 0.725. The molecule has 14 heavy (non-hydrogen) atoms. The molecular formula is C9H16N4S. The zero-order valence-corrected chi connectivity index (χ0v) is 9.40. The third kappa shape index (κ3) is 3.41. The summed E-state index contributed by atoms with van der Waals surface area (Å²) in [6, 6.07) is 0. The summed E-state index contributed by atoms with van der Waals surface area (Å²) in [4.78, 5) is 8.03. The number of aryl methyl sites for hydroxylation is 1. The Labute approximate surface area is 88.7 Å². The number of nitrogens with one attached hydrogen (secondary N) is 1. The molecule has 0 saturated heterocycles. The van der Waals surface area contributed by atoms with Crippen LogP contribution in [0.1, 0.15) is 12.0 Å². The highest BCUT2D eigenvalue weighted by molar-refractivity contribution is 7.98. The molecule has 0 spiro atoms. The molecule has 0 bridgehead atoms. The molecule has 3 N–H and O–H groups in total. The highest BCUT2D eigenvalue weighted by atomic mass is 32.2. The Morgan fingerprint density at radius 3 is 3.07 bits per heavy atom. The zero-order chi connectivity index (χ0) is 10.4. The van der Waals surface area contributed by atoms with Crippen LogP contribution in [0.25, 0.3) is 0 Å². The number of thioether (sulfide) groups is 1. The van der Waals surface area contributed by atoms with E-state index in [1.807, 2.05) is 18.7 Å². The molecule has 4 nitrogen and oxygen atoms in total. The van der Waals surface area contributed by atoms with Crippen molar-refractivity contribution in [1.82, 2.24) is 9.97 Å². The highest BCUT2D eigenvalue weighted by Gasteiger charge is 1.99. The Kier molecular flexibility index (Phi) is 4.52. The van der Waals surface area contributed by atoms with Crippen molar-refractivity contribution in [3.63, 3.8) is 0 Å². The molecular weight excluding hydrogens is 196 g/mol. The Bertz CT molecular complexity index is 290. The fourth-order valence-electron chi connectivity index (χ4n) is 1.06. The van der Waals surface area contributed by atoms with Crippen LogP contribution in [-0.4, -0.2) is 28.5 Å². The van der Waals surface area contributed by atoms with E-state index in [4.69, 9.17) is 5.73 Å². The van der Waals surface area contributed by atoms with Gasteiger partial charge in [-0.05, 0) is 25.4 Å². The van der Waals surface area contributed by atoms with Gasteiger partial charge in [-0.1, -0.05) is 0 Å². The summed E-state index contributed by atoms with van der Waals surface area (Å²) in [6.45, 7) is 2.90. The van der Waals surface area contributed by atoms with E-state index in [1.54, 1.807) is 6.20 Å². The number of nitrogens with two attached hydrogens (primary N) is 1. The average Bonchev–Trinajstić information content (AvgIpc) is 2.18. The second kappa shape index (κ2) is 5.70. The largest absolute Gasteiger partial charge is 0.370 e. The molecule has 1 rings (SSSR count). The molecule has 5 heteroatoms. The fraction of sp³-hybridized carbons (Fsp3) is 0.556. The van der Waals surface area contributed by atoms with E-state index in [0.717, 1.165) is 30.1 Å². The Balaban J connectivity index is 2.45. The lowest BCUT2D eigenvalue weighted by Gasteiger charge is -2.07. The molecule has 0 atom stereocenters. The van der Waals surface area contributed by atoms with Gasteiger partial charge in [0.25, 0.3) is 0 Å². The minimum absolute atomic E-state index is 0.322. The van der Waals surface area contributed by atoms with Crippen molar-refractivity contribution in [2.75, 3.05) is 29.6 Å². The van der Waals surface area contributed by atoms with E-state index in [9.17, 15) is 0 Å². The molecule has 0 aliphatic carbocycles. The van der Waals surface area contributed by atoms with Crippen LogP contribution >= 0.6 is 11.8 Å². The average molecular weight is 212 g/mol. The first-order valence-corrected chi connectivity index (χ1v) is 5.95. The molecule has 0 radical (unpaired) electrons. The molecule has 1 aromatic rings. The fourth-order valence-corrected chi connectivity index (χ4v) is 1.49. The van der Waals surface area contributed by atoms with Gasteiger partial charge in [0.1, 0.15) is 5.82 Å². The highest BCUT2D eigenvalue weighted by Crippen LogP contribution is 2.10. The molecule has 1 heterocycles. The van der Waals surface area contributed by atoms with Gasteiger partial charge in [0.05, 0.1) is 0 Å². The van der Waals surface area contributed by atoms with Gasteiger partial charge in [-0.25, -0.2) is 4.98 Å². The summed E-state index contributed by atoms with van der Waals surface area (Å²) in [5.41, 5.74) is 6.52. The van der Waals surface area contributed by atoms with Gasteiger partial charge in [-0.2, -0.15) is 16.7 Å². The van der Waals surface area contributed by atoms with Crippen molar-refractivity contribution >= 4 is 23.5 Å². The van der Waals surface area contributed by atoms with Gasteiger partial charge >= 0.3 is 0 Å². The van der Waals surface area contributed by atoms with Crippen LogP contribution in [0.2, 0.25) is 0 Å². The summed E-state index contributed by atoms with van der Waals surface area (Å²) in [7, 11) is 0. The first kappa shape index (κ1) is 11.1. The number of hydrogen-bond donors (Lipinski definition) is 2. The number of anilines is 2. The number of aromatic nitrogens is 2. The summed E-state index contributed by atoms with van der Waals surface area (Å²) < 4.78 is 0. The lowest BCUT2D eigenvalue weighted by Crippen LogP contribution is -2.08. The predicted molar refractivity (Wildman–Crippen MR) is 62.7 cm³/mol. The predicted octanol–water partition coefficient (Wildman–Crippen LogP) is 1.53. The lowest BCUT2D eigenvalue weighted by atomic mass is 10.3. The normalized spacial score (nSPS) is 10.1. The van der Waals surface area contributed by atoms with Crippen LogP contribution in [0.3, 0.4) is 0 Å². The lowest BCUT2D eigenvalue weighted by molar-refractivity contribution is 0.973. The van der Waals surface area contributed by atoms with Crippen molar-refractivity contribution in [2.45, 2.75) is 13.3 Å². The van der Waals surface area contributed by atoms with Gasteiger partial charge in [0.15, 0.2) is 0 Å². The Morgan fingerprint density at radius 2 is 2.36 bits per heavy atom. The molecule has 0 aliphatic rings. The van der Waals surface area contributed by atoms with Crippen LogP contribution in [-0.2, 0) is 0 Å². The molecule has 0 unspecified atom stereocenters. The topological polar surface area (TPSA) is 63.8 Å². The van der Waals surface area contributed by atoms with Crippen molar-refractivity contribution in [2.24, 2.45) is 0 Å². The van der Waals surface area contributed by atoms with Crippen molar-refractivity contribution in [3.05, 3.63) is 11.8 Å². The molecule has 0 aromatic carbocycles. The monoisotopic (exact) mass is 212 g/mol. The molecule has 78 valence electrons. The molecule has 0 fully saturated rings. The first-order valence-electron chi connectivity index (χ1n) is 4.56. The first-order chi connectivity index (χ1) is 6.74. The summed E-state index contributed by atoms with van der Waals surface area (Å²) >= 11 is 1.85. The van der Waals surface area contributed by atoms with Gasteiger partial charge in [0.2, 0.25) is 5.95 Å². The minimum Gasteiger partial charge on any atom is -0.370 e. The van der Waals surface area contributed by atoms with Gasteiger partial charge in [-0.3, -0.25) is 0 Å². The number of nitrogens with zero attached hydrogens (tertiary/aromatic N) is 2. The number of hydrogen-bond acceptors (Lipinski definition) is 5. The SMILES string of the molecule is CSCCCNc1nc(N)ncc1C. The molecule has 0 aliphatic heterocycles. The van der Waals surface area contributed by atoms with E-state index in [1.165, 1.54) is 0 Å². The van der Waals surface area contributed by atoms with E-state index in [0.29, 0.717) is 5.95 Å². The van der Waals surface area contributed by atoms with Crippen LogP contribution in [0.15, 0.2) is 6.20 Å². The third-order valence-electron chi connectivity index (χ3n) is 1.81. The number of rotatable bonds is 5. The number of nitrogen functional groups attached to an aromatic ring is 1. The van der Waals surface area contributed by atoms with Crippen molar-refractivity contribution in [1.29, 1.82) is 0 Å². The van der Waals surface area contributed by atoms with Crippen LogP contribution in [0, 0.1) is 6.92 Å². The zero-order valence-electron chi connectivity index (χ0n) is 8.58. The Morgan fingerprint density at radius 1 is 1.57 bits per heavy atom. The maximum atomic E-state index is 5.49. The second-order valence-electron chi connectivity index (χ2n) is 3.03. The summed E-state index contributed by atoms with van der Waals surface area (Å²) in [5.74, 6) is 2.33. The third-order valence-corrected chi connectivity index (χ3v) is 2.50. The van der Waals surface area contributed by atoms with Crippen LogP contribution in [0.5, 0.6) is 0 Å². The van der Waals surface area contributed by atoms with Crippen molar-refractivity contribution < 1.29 is 0 Å². The summed E-state index contributed by atoms with van der Waals surface area (Å²) in [6.07, 6.45) is 4.97. The second-order valence-corrected chi connectivity index (χ2v) is 4.02. The molecule has 0 saturated carbocycles. The van der Waals surface area contributed by atoms with E-state index in [2.05, 4.69) is 21.5 Å². The van der Waals surface area contributed by atoms with Gasteiger partial charge < -0.3 is 11.1 Å². The van der Waals surface area contributed by atoms with Gasteiger partial charge in [0, 0.05) is 18.3 Å². The Hall–Kier alpha value is -0.970. The van der Waals surface area contributed by atoms with Gasteiger partial charge in [-0.15, -0.1) is 0 Å². The van der Waals surface area contributed by atoms with E-state index < -0.39 is 0 Å². The van der Waals surface area contributed by atoms with Crippen LogP contribution < -0.4 is 11.1 Å². The van der Waals surface area contributed by atoms with Crippen LogP contribution in [0.4, 0.5) is 11.8 Å². The summed E-state index contributed by atoms with van der Waals surface area (Å²) in [5, 5.41) is 3.24. The maximum Gasteiger partial charge on any atom is 0.221 e. The molecule has 1 aromatic heterocycles. The molecule has 0 amide bonds. The van der Waals surface area contributed by atoms with E-state index >= 15 is 0 Å². The van der Waals surface area contributed by atoms with Crippen molar-refractivity contribution in [3.8, 4) is 0 Å². The minimum atomic E-state index is 0.322. The smallest absolute Gasteiger partial charge is 0.221 e. The standard InChI is InChI=1S/C9H16N4S/c1-7-6-12-9(10)13-8(7)11-4-3-5-14-2/h6H,3-5H2,1-2H3,(H3,10,11,12,13). The van der Waals surface area contributed by atoms with E-state index in [-0.39, 0.29) is 0 Å².